The lowest BCUT2D eigenvalue weighted by molar-refractivity contribution is 1.07. The van der Waals surface area contributed by atoms with Gasteiger partial charge in [-0.25, -0.2) is 9.97 Å². The van der Waals surface area contributed by atoms with Gasteiger partial charge in [-0.1, -0.05) is 6.07 Å². The normalized spacial score (nSPS) is 10.3. The maximum Gasteiger partial charge on any atom is 0.149 e. The molecule has 3 N–H and O–H groups in total. The number of nitrogens with zero attached hydrogens (tertiary/aromatic N) is 4. The summed E-state index contributed by atoms with van der Waals surface area (Å²) in [6, 6.07) is 10.1. The van der Waals surface area contributed by atoms with E-state index in [9.17, 15) is 0 Å². The van der Waals surface area contributed by atoms with Gasteiger partial charge in [0.15, 0.2) is 0 Å². The first-order valence-electron chi connectivity index (χ1n) is 6.08. The fraction of sp³-hybridized carbons (Fsp3) is 0.0714. The average molecular weight is 264 g/mol. The molecular weight excluding hydrogens is 252 g/mol. The molecule has 0 radical (unpaired) electrons. The van der Waals surface area contributed by atoms with E-state index in [1.165, 1.54) is 6.33 Å². The van der Waals surface area contributed by atoms with Crippen LogP contribution in [0.3, 0.4) is 0 Å². The minimum atomic E-state index is 0.187. The predicted molar refractivity (Wildman–Crippen MR) is 75.9 cm³/mol. The number of nitrogens with one attached hydrogen (secondary N) is 1. The summed E-state index contributed by atoms with van der Waals surface area (Å²) >= 11 is 0. The Balaban J connectivity index is 1.83. The lowest BCUT2D eigenvalue weighted by Gasteiger charge is -2.06. The van der Waals surface area contributed by atoms with Crippen LogP contribution in [0.4, 0.5) is 11.6 Å². The van der Waals surface area contributed by atoms with Crippen LogP contribution in [0.25, 0.3) is 5.52 Å². The topological polar surface area (TPSA) is 92.0 Å². The molecule has 3 aromatic rings. The van der Waals surface area contributed by atoms with E-state index >= 15 is 0 Å². The minimum Gasteiger partial charge on any atom is -0.382 e. The molecule has 0 amide bonds. The molecule has 0 bridgehead atoms. The highest BCUT2D eigenvalue weighted by molar-refractivity contribution is 5.62. The van der Waals surface area contributed by atoms with Crippen molar-refractivity contribution in [3.8, 4) is 6.07 Å². The van der Waals surface area contributed by atoms with Gasteiger partial charge >= 0.3 is 0 Å². The molecule has 0 atom stereocenters. The molecule has 0 aromatic carbocycles. The van der Waals surface area contributed by atoms with Crippen molar-refractivity contribution in [3.05, 3.63) is 54.1 Å². The van der Waals surface area contributed by atoms with Crippen molar-refractivity contribution in [2.45, 2.75) is 6.54 Å². The molecule has 3 rings (SSSR count). The standard InChI is InChI=1S/C14H12N6/c15-6-12-13(16)18-9-19-14(12)17-7-10-5-11-3-1-2-4-20(11)8-10/h1-5,8-9H,7H2,(H3,16,17,18,19). The number of nitriles is 1. The van der Waals surface area contributed by atoms with E-state index in [2.05, 4.69) is 21.4 Å². The van der Waals surface area contributed by atoms with Crippen LogP contribution >= 0.6 is 0 Å². The van der Waals surface area contributed by atoms with Crippen molar-refractivity contribution >= 4 is 17.2 Å². The van der Waals surface area contributed by atoms with Gasteiger partial charge in [0, 0.05) is 24.5 Å². The number of aromatic nitrogens is 3. The van der Waals surface area contributed by atoms with Gasteiger partial charge in [-0.3, -0.25) is 0 Å². The highest BCUT2D eigenvalue weighted by atomic mass is 15.0. The van der Waals surface area contributed by atoms with Gasteiger partial charge in [0.25, 0.3) is 0 Å². The highest BCUT2D eigenvalue weighted by Crippen LogP contribution is 2.17. The molecule has 98 valence electrons. The van der Waals surface area contributed by atoms with Crippen LogP contribution in [0.5, 0.6) is 0 Å². The molecule has 0 saturated carbocycles. The summed E-state index contributed by atoms with van der Waals surface area (Å²) in [6.07, 6.45) is 5.36. The number of rotatable bonds is 3. The fourth-order valence-corrected chi connectivity index (χ4v) is 2.04. The Morgan fingerprint density at radius 2 is 2.25 bits per heavy atom. The summed E-state index contributed by atoms with van der Waals surface area (Å²) in [5.41, 5.74) is 8.13. The van der Waals surface area contributed by atoms with E-state index in [1.54, 1.807) is 0 Å². The van der Waals surface area contributed by atoms with Gasteiger partial charge in [-0.15, -0.1) is 0 Å². The third kappa shape index (κ3) is 2.12. The molecule has 0 aliphatic rings. The summed E-state index contributed by atoms with van der Waals surface area (Å²) in [5.74, 6) is 0.641. The van der Waals surface area contributed by atoms with Crippen LogP contribution in [0.15, 0.2) is 43.0 Å². The number of nitrogen functional groups attached to an aromatic ring is 1. The molecule has 0 unspecified atom stereocenters. The first kappa shape index (κ1) is 12.0. The molecule has 0 fully saturated rings. The Labute approximate surface area is 115 Å². The number of nitrogens with two attached hydrogens (primary N) is 1. The summed E-state index contributed by atoms with van der Waals surface area (Å²) in [6.45, 7) is 0.562. The van der Waals surface area contributed by atoms with Gasteiger partial charge in [0.2, 0.25) is 0 Å². The fourth-order valence-electron chi connectivity index (χ4n) is 2.04. The molecule has 20 heavy (non-hydrogen) atoms. The molecule has 0 aliphatic carbocycles. The Bertz CT molecular complexity index is 766. The first-order valence-corrected chi connectivity index (χ1v) is 6.08. The van der Waals surface area contributed by atoms with Crippen LogP contribution in [-0.2, 0) is 6.54 Å². The molecule has 6 nitrogen and oxygen atoms in total. The second-order valence-corrected chi connectivity index (χ2v) is 4.33. The summed E-state index contributed by atoms with van der Waals surface area (Å²) in [4.78, 5) is 7.85. The zero-order valence-electron chi connectivity index (χ0n) is 10.6. The van der Waals surface area contributed by atoms with Gasteiger partial charge < -0.3 is 15.5 Å². The second-order valence-electron chi connectivity index (χ2n) is 4.33. The number of pyridine rings is 1. The second kappa shape index (κ2) is 4.90. The molecule has 3 heterocycles. The summed E-state index contributed by atoms with van der Waals surface area (Å²) in [7, 11) is 0. The monoisotopic (exact) mass is 264 g/mol. The SMILES string of the molecule is N#Cc1c(N)ncnc1NCc1cc2ccccn2c1. The highest BCUT2D eigenvalue weighted by Gasteiger charge is 2.08. The quantitative estimate of drug-likeness (QED) is 0.752. The van der Waals surface area contributed by atoms with Crippen molar-refractivity contribution < 1.29 is 0 Å². The molecular formula is C14H12N6. The third-order valence-electron chi connectivity index (χ3n) is 3.01. The number of hydrogen-bond acceptors (Lipinski definition) is 5. The van der Waals surface area contributed by atoms with Crippen LogP contribution in [0.1, 0.15) is 11.1 Å². The van der Waals surface area contributed by atoms with Crippen molar-refractivity contribution in [3.63, 3.8) is 0 Å². The van der Waals surface area contributed by atoms with Crippen LogP contribution in [-0.4, -0.2) is 14.4 Å². The smallest absolute Gasteiger partial charge is 0.149 e. The van der Waals surface area contributed by atoms with Crippen molar-refractivity contribution in [1.82, 2.24) is 14.4 Å². The van der Waals surface area contributed by atoms with Gasteiger partial charge in [0.05, 0.1) is 0 Å². The third-order valence-corrected chi connectivity index (χ3v) is 3.01. The van der Waals surface area contributed by atoms with E-state index in [0.717, 1.165) is 11.1 Å². The number of fused-ring (bicyclic) bond motifs is 1. The van der Waals surface area contributed by atoms with Crippen LogP contribution < -0.4 is 11.1 Å². The van der Waals surface area contributed by atoms with E-state index in [1.807, 2.05) is 41.1 Å². The van der Waals surface area contributed by atoms with Crippen molar-refractivity contribution in [2.75, 3.05) is 11.1 Å². The number of hydrogen-bond donors (Lipinski definition) is 2. The largest absolute Gasteiger partial charge is 0.382 e. The van der Waals surface area contributed by atoms with E-state index in [0.29, 0.717) is 12.4 Å². The molecule has 0 saturated heterocycles. The Morgan fingerprint density at radius 1 is 1.35 bits per heavy atom. The van der Waals surface area contributed by atoms with Gasteiger partial charge in [0.1, 0.15) is 29.6 Å². The van der Waals surface area contributed by atoms with Crippen molar-refractivity contribution in [1.29, 1.82) is 5.26 Å². The number of anilines is 2. The summed E-state index contributed by atoms with van der Waals surface area (Å²) in [5, 5.41) is 12.2. The lowest BCUT2D eigenvalue weighted by Crippen LogP contribution is -2.06. The van der Waals surface area contributed by atoms with Crippen LogP contribution in [0, 0.1) is 11.3 Å². The van der Waals surface area contributed by atoms with Gasteiger partial charge in [-0.05, 0) is 23.8 Å². The maximum absolute atomic E-state index is 9.06. The zero-order chi connectivity index (χ0) is 13.9. The maximum atomic E-state index is 9.06. The van der Waals surface area contributed by atoms with Gasteiger partial charge in [-0.2, -0.15) is 5.26 Å². The Hall–Kier alpha value is -3.07. The van der Waals surface area contributed by atoms with E-state index in [4.69, 9.17) is 11.0 Å². The first-order chi connectivity index (χ1) is 9.78. The lowest BCUT2D eigenvalue weighted by atomic mass is 10.2. The average Bonchev–Trinajstić information content (AvgIpc) is 2.88. The molecule has 6 heteroatoms. The zero-order valence-corrected chi connectivity index (χ0v) is 10.6. The minimum absolute atomic E-state index is 0.187. The van der Waals surface area contributed by atoms with Crippen molar-refractivity contribution in [2.24, 2.45) is 0 Å². The molecule has 0 aliphatic heterocycles. The van der Waals surface area contributed by atoms with E-state index < -0.39 is 0 Å². The molecule has 3 aromatic heterocycles. The summed E-state index contributed by atoms with van der Waals surface area (Å²) < 4.78 is 2.04. The van der Waals surface area contributed by atoms with E-state index in [-0.39, 0.29) is 11.4 Å². The van der Waals surface area contributed by atoms with Crippen LogP contribution in [0.2, 0.25) is 0 Å². The Morgan fingerprint density at radius 3 is 3.05 bits per heavy atom. The molecule has 0 spiro atoms. The predicted octanol–water partition coefficient (Wildman–Crippen LogP) is 1.80. The Kier molecular flexibility index (Phi) is 2.94.